The molecular formula is C56H37NS. The van der Waals surface area contributed by atoms with Gasteiger partial charge in [-0.3, -0.25) is 0 Å². The monoisotopic (exact) mass is 755 g/mol. The van der Waals surface area contributed by atoms with Crippen molar-refractivity contribution >= 4 is 70.1 Å². The molecule has 0 bridgehead atoms. The van der Waals surface area contributed by atoms with Crippen LogP contribution in [0.1, 0.15) is 0 Å². The maximum atomic E-state index is 2.41. The summed E-state index contributed by atoms with van der Waals surface area (Å²) in [5.41, 5.74) is 13.0. The molecule has 0 aliphatic heterocycles. The van der Waals surface area contributed by atoms with Crippen LogP contribution in [0.5, 0.6) is 0 Å². The highest BCUT2D eigenvalue weighted by molar-refractivity contribution is 7.25. The van der Waals surface area contributed by atoms with Crippen LogP contribution in [0.25, 0.3) is 86.2 Å². The van der Waals surface area contributed by atoms with Crippen molar-refractivity contribution in [2.24, 2.45) is 0 Å². The molecule has 1 aromatic heterocycles. The van der Waals surface area contributed by atoms with E-state index in [0.29, 0.717) is 0 Å². The van der Waals surface area contributed by atoms with Gasteiger partial charge >= 0.3 is 0 Å². The van der Waals surface area contributed by atoms with Gasteiger partial charge in [-0.05, 0) is 109 Å². The summed E-state index contributed by atoms with van der Waals surface area (Å²) >= 11 is 1.86. The summed E-state index contributed by atoms with van der Waals surface area (Å²) < 4.78 is 2.62. The number of nitrogens with zero attached hydrogens (tertiary/aromatic N) is 1. The first-order valence-electron chi connectivity index (χ1n) is 19.8. The fraction of sp³-hybridized carbons (Fsp3) is 0. The first kappa shape index (κ1) is 34.0. The molecule has 1 heterocycles. The number of para-hydroxylation sites is 1. The molecule has 0 amide bonds. The molecule has 58 heavy (non-hydrogen) atoms. The lowest BCUT2D eigenvalue weighted by Gasteiger charge is -2.28. The lowest BCUT2D eigenvalue weighted by Crippen LogP contribution is -2.11. The Kier molecular flexibility index (Phi) is 8.42. The van der Waals surface area contributed by atoms with Crippen LogP contribution in [0.2, 0.25) is 0 Å². The van der Waals surface area contributed by atoms with Gasteiger partial charge < -0.3 is 4.90 Å². The molecule has 1 nitrogen and oxygen atoms in total. The molecule has 10 aromatic carbocycles. The van der Waals surface area contributed by atoms with E-state index >= 15 is 0 Å². The Morgan fingerprint density at radius 2 is 0.793 bits per heavy atom. The molecule has 0 radical (unpaired) electrons. The summed E-state index contributed by atoms with van der Waals surface area (Å²) in [7, 11) is 0. The normalized spacial score (nSPS) is 11.4. The highest BCUT2D eigenvalue weighted by Gasteiger charge is 2.19. The Balaban J connectivity index is 0.987. The Morgan fingerprint density at radius 1 is 0.276 bits per heavy atom. The number of hydrogen-bond acceptors (Lipinski definition) is 2. The quantitative estimate of drug-likeness (QED) is 0.157. The standard InChI is InChI=1S/C56H37NS/c1-2-12-44-36-45(25-24-38(44)10-1)41-22-20-39(21-23-41)40-26-31-47(32-27-40)57(48-33-28-43(29-34-48)50-17-9-13-42-11-3-4-14-49(42)50)54-18-7-5-15-51(54)46-30-35-53-52-16-6-8-19-55(52)58-56(53)37-46/h1-37H. The summed E-state index contributed by atoms with van der Waals surface area (Å²) in [6, 6.07) is 82.0. The smallest absolute Gasteiger partial charge is 0.0540 e. The predicted molar refractivity (Wildman–Crippen MR) is 251 cm³/mol. The third-order valence-electron chi connectivity index (χ3n) is 11.5. The third-order valence-corrected chi connectivity index (χ3v) is 12.6. The number of benzene rings is 10. The molecule has 0 aliphatic rings. The van der Waals surface area contributed by atoms with Gasteiger partial charge in [-0.25, -0.2) is 0 Å². The molecule has 0 fully saturated rings. The average molecular weight is 756 g/mol. The van der Waals surface area contributed by atoms with Crippen molar-refractivity contribution < 1.29 is 0 Å². The maximum Gasteiger partial charge on any atom is 0.0540 e. The maximum absolute atomic E-state index is 2.41. The van der Waals surface area contributed by atoms with Gasteiger partial charge in [0.25, 0.3) is 0 Å². The summed E-state index contributed by atoms with van der Waals surface area (Å²) in [6.07, 6.45) is 0. The van der Waals surface area contributed by atoms with E-state index in [1.807, 2.05) is 11.3 Å². The van der Waals surface area contributed by atoms with Crippen molar-refractivity contribution in [1.82, 2.24) is 0 Å². The van der Waals surface area contributed by atoms with E-state index in [1.54, 1.807) is 0 Å². The van der Waals surface area contributed by atoms with Crippen LogP contribution in [-0.2, 0) is 0 Å². The van der Waals surface area contributed by atoms with Gasteiger partial charge in [0.15, 0.2) is 0 Å². The van der Waals surface area contributed by atoms with Gasteiger partial charge in [0.2, 0.25) is 0 Å². The number of rotatable bonds is 7. The highest BCUT2D eigenvalue weighted by atomic mass is 32.1. The number of hydrogen-bond donors (Lipinski definition) is 0. The Bertz CT molecular complexity index is 3260. The predicted octanol–water partition coefficient (Wildman–Crippen LogP) is 16.5. The van der Waals surface area contributed by atoms with Crippen molar-refractivity contribution in [3.8, 4) is 44.5 Å². The topological polar surface area (TPSA) is 3.24 Å². The fourth-order valence-corrected chi connectivity index (χ4v) is 9.67. The second kappa shape index (κ2) is 14.4. The summed E-state index contributed by atoms with van der Waals surface area (Å²) in [4.78, 5) is 2.41. The minimum atomic E-state index is 1.10. The number of thiophene rings is 1. The Morgan fingerprint density at radius 3 is 1.57 bits per heavy atom. The van der Waals surface area contributed by atoms with E-state index in [2.05, 4.69) is 229 Å². The molecule has 11 rings (SSSR count). The minimum Gasteiger partial charge on any atom is -0.310 e. The van der Waals surface area contributed by atoms with Crippen molar-refractivity contribution in [2.45, 2.75) is 0 Å². The molecule has 0 atom stereocenters. The van der Waals surface area contributed by atoms with Crippen LogP contribution in [0.15, 0.2) is 224 Å². The summed E-state index contributed by atoms with van der Waals surface area (Å²) in [5, 5.41) is 7.66. The zero-order valence-electron chi connectivity index (χ0n) is 31.7. The zero-order chi connectivity index (χ0) is 38.4. The highest BCUT2D eigenvalue weighted by Crippen LogP contribution is 2.44. The van der Waals surface area contributed by atoms with E-state index in [-0.39, 0.29) is 0 Å². The van der Waals surface area contributed by atoms with E-state index in [0.717, 1.165) is 17.1 Å². The van der Waals surface area contributed by atoms with Crippen LogP contribution >= 0.6 is 11.3 Å². The van der Waals surface area contributed by atoms with Crippen LogP contribution < -0.4 is 4.90 Å². The third kappa shape index (κ3) is 6.12. The minimum absolute atomic E-state index is 1.10. The van der Waals surface area contributed by atoms with E-state index in [1.165, 1.54) is 86.2 Å². The van der Waals surface area contributed by atoms with Crippen LogP contribution in [0.3, 0.4) is 0 Å². The van der Waals surface area contributed by atoms with E-state index in [4.69, 9.17) is 0 Å². The van der Waals surface area contributed by atoms with Crippen molar-refractivity contribution in [2.75, 3.05) is 4.90 Å². The van der Waals surface area contributed by atoms with Crippen molar-refractivity contribution in [3.63, 3.8) is 0 Å². The van der Waals surface area contributed by atoms with Crippen LogP contribution in [0.4, 0.5) is 17.1 Å². The zero-order valence-corrected chi connectivity index (χ0v) is 32.5. The van der Waals surface area contributed by atoms with Crippen LogP contribution in [-0.4, -0.2) is 0 Å². The van der Waals surface area contributed by atoms with Crippen LogP contribution in [0, 0.1) is 0 Å². The molecular weight excluding hydrogens is 719 g/mol. The van der Waals surface area contributed by atoms with E-state index in [9.17, 15) is 0 Å². The van der Waals surface area contributed by atoms with Gasteiger partial charge in [-0.1, -0.05) is 176 Å². The lowest BCUT2D eigenvalue weighted by molar-refractivity contribution is 1.28. The molecule has 0 aliphatic carbocycles. The summed E-state index contributed by atoms with van der Waals surface area (Å²) in [5.74, 6) is 0. The van der Waals surface area contributed by atoms with Gasteiger partial charge in [0.1, 0.15) is 0 Å². The van der Waals surface area contributed by atoms with Gasteiger partial charge in [0, 0.05) is 37.1 Å². The Hall–Kier alpha value is -7.26. The largest absolute Gasteiger partial charge is 0.310 e. The average Bonchev–Trinajstić information content (AvgIpc) is 3.67. The first-order chi connectivity index (χ1) is 28.7. The number of anilines is 3. The molecule has 0 spiro atoms. The number of fused-ring (bicyclic) bond motifs is 5. The van der Waals surface area contributed by atoms with Gasteiger partial charge in [-0.2, -0.15) is 0 Å². The van der Waals surface area contributed by atoms with Gasteiger partial charge in [0.05, 0.1) is 5.69 Å². The van der Waals surface area contributed by atoms with Crippen molar-refractivity contribution in [1.29, 1.82) is 0 Å². The molecule has 0 saturated carbocycles. The lowest BCUT2D eigenvalue weighted by atomic mass is 9.97. The van der Waals surface area contributed by atoms with E-state index < -0.39 is 0 Å². The molecule has 0 saturated heterocycles. The molecule has 0 N–H and O–H groups in total. The molecule has 2 heteroatoms. The Labute approximate surface area is 342 Å². The fourth-order valence-electron chi connectivity index (χ4n) is 8.53. The van der Waals surface area contributed by atoms with Gasteiger partial charge in [-0.15, -0.1) is 11.3 Å². The second-order valence-electron chi connectivity index (χ2n) is 14.9. The molecule has 272 valence electrons. The second-order valence-corrected chi connectivity index (χ2v) is 16.0. The molecule has 0 unspecified atom stereocenters. The summed E-state index contributed by atoms with van der Waals surface area (Å²) in [6.45, 7) is 0. The first-order valence-corrected chi connectivity index (χ1v) is 20.6. The SMILES string of the molecule is c1ccc(N(c2ccc(-c3ccc(-c4ccc5ccccc5c4)cc3)cc2)c2ccc(-c3cccc4ccccc34)cc2)c(-c2ccc3c(c2)sc2ccccc23)c1. The van der Waals surface area contributed by atoms with Crippen molar-refractivity contribution in [3.05, 3.63) is 224 Å². The molecule has 11 aromatic rings.